The van der Waals surface area contributed by atoms with Crippen molar-refractivity contribution in [2.45, 2.75) is 31.3 Å². The van der Waals surface area contributed by atoms with Crippen LogP contribution in [0.1, 0.15) is 30.4 Å². The van der Waals surface area contributed by atoms with Gasteiger partial charge in [0.1, 0.15) is 11.6 Å². The third-order valence-electron chi connectivity index (χ3n) is 3.61. The first-order chi connectivity index (χ1) is 9.04. The van der Waals surface area contributed by atoms with Gasteiger partial charge in [-0.15, -0.1) is 0 Å². The van der Waals surface area contributed by atoms with E-state index in [4.69, 9.17) is 14.6 Å². The van der Waals surface area contributed by atoms with Crippen LogP contribution in [0.15, 0.2) is 12.1 Å². The van der Waals surface area contributed by atoms with E-state index >= 15 is 0 Å². The molecular formula is C14H17FO4. The number of ether oxygens (including phenoxy) is 2. The smallest absolute Gasteiger partial charge is 0.304 e. The molecule has 4 nitrogen and oxygen atoms in total. The van der Waals surface area contributed by atoms with Crippen molar-refractivity contribution in [2.24, 2.45) is 0 Å². The molecule has 104 valence electrons. The molecule has 1 fully saturated rings. The maximum atomic E-state index is 13.8. The van der Waals surface area contributed by atoms with Gasteiger partial charge in [0.25, 0.3) is 0 Å². The third kappa shape index (κ3) is 2.56. The quantitative estimate of drug-likeness (QED) is 0.861. The van der Waals surface area contributed by atoms with E-state index in [-0.39, 0.29) is 13.0 Å². The molecule has 0 aromatic heterocycles. The Morgan fingerprint density at radius 1 is 1.42 bits per heavy atom. The molecule has 0 amide bonds. The predicted octanol–water partition coefficient (Wildman–Crippen LogP) is 2.49. The van der Waals surface area contributed by atoms with Crippen molar-refractivity contribution in [3.05, 3.63) is 29.1 Å². The van der Waals surface area contributed by atoms with Crippen LogP contribution < -0.4 is 4.74 Å². The fourth-order valence-corrected chi connectivity index (χ4v) is 2.52. The third-order valence-corrected chi connectivity index (χ3v) is 3.61. The molecule has 1 saturated carbocycles. The minimum Gasteiger partial charge on any atom is -0.496 e. The Kier molecular flexibility index (Phi) is 3.75. The van der Waals surface area contributed by atoms with E-state index in [9.17, 15) is 9.18 Å². The lowest BCUT2D eigenvalue weighted by Crippen LogP contribution is -2.15. The second-order valence-electron chi connectivity index (χ2n) is 4.89. The van der Waals surface area contributed by atoms with Crippen LogP contribution in [0.4, 0.5) is 4.39 Å². The van der Waals surface area contributed by atoms with Crippen LogP contribution in [0, 0.1) is 5.82 Å². The summed E-state index contributed by atoms with van der Waals surface area (Å²) < 4.78 is 24.1. The Morgan fingerprint density at radius 2 is 2.11 bits per heavy atom. The van der Waals surface area contributed by atoms with Crippen molar-refractivity contribution in [3.63, 3.8) is 0 Å². The molecule has 1 aromatic carbocycles. The zero-order valence-electron chi connectivity index (χ0n) is 11.0. The van der Waals surface area contributed by atoms with E-state index in [1.807, 2.05) is 0 Å². The summed E-state index contributed by atoms with van der Waals surface area (Å²) in [5, 5.41) is 9.00. The highest BCUT2D eigenvalue weighted by atomic mass is 19.1. The van der Waals surface area contributed by atoms with Gasteiger partial charge in [0.2, 0.25) is 0 Å². The molecule has 0 radical (unpaired) electrons. The van der Waals surface area contributed by atoms with Gasteiger partial charge >= 0.3 is 5.97 Å². The van der Waals surface area contributed by atoms with Crippen LogP contribution >= 0.6 is 0 Å². The molecule has 19 heavy (non-hydrogen) atoms. The topological polar surface area (TPSA) is 55.8 Å². The maximum absolute atomic E-state index is 13.8. The largest absolute Gasteiger partial charge is 0.496 e. The molecule has 0 bridgehead atoms. The van der Waals surface area contributed by atoms with Crippen LogP contribution in [-0.2, 0) is 21.6 Å². The van der Waals surface area contributed by atoms with Crippen LogP contribution in [0.3, 0.4) is 0 Å². The summed E-state index contributed by atoms with van der Waals surface area (Å²) in [6, 6.07) is 2.98. The summed E-state index contributed by atoms with van der Waals surface area (Å²) in [6.07, 6.45) is 1.61. The summed E-state index contributed by atoms with van der Waals surface area (Å²) in [4.78, 5) is 11.0. The fourth-order valence-electron chi connectivity index (χ4n) is 2.52. The number of halogens is 1. The van der Waals surface area contributed by atoms with Gasteiger partial charge in [-0.3, -0.25) is 4.79 Å². The number of carboxylic acid groups (broad SMARTS) is 1. The summed E-state index contributed by atoms with van der Waals surface area (Å²) in [7, 11) is 2.95. The SMILES string of the molecule is COCc1c(F)ccc(C2(CC(=O)O)CC2)c1OC. The Balaban J connectivity index is 2.46. The van der Waals surface area contributed by atoms with E-state index in [2.05, 4.69) is 0 Å². The van der Waals surface area contributed by atoms with Crippen LogP contribution in [0.25, 0.3) is 0 Å². The van der Waals surface area contributed by atoms with Gasteiger partial charge in [-0.2, -0.15) is 0 Å². The Bertz CT molecular complexity index is 494. The molecular weight excluding hydrogens is 251 g/mol. The zero-order valence-corrected chi connectivity index (χ0v) is 11.0. The molecule has 0 atom stereocenters. The van der Waals surface area contributed by atoms with Gasteiger partial charge in [-0.05, 0) is 18.9 Å². The monoisotopic (exact) mass is 268 g/mol. The van der Waals surface area contributed by atoms with Gasteiger partial charge in [-0.1, -0.05) is 6.07 Å². The molecule has 2 rings (SSSR count). The second-order valence-corrected chi connectivity index (χ2v) is 4.89. The summed E-state index contributed by atoms with van der Waals surface area (Å²) in [5.74, 6) is -0.827. The first-order valence-corrected chi connectivity index (χ1v) is 6.10. The molecule has 0 heterocycles. The van der Waals surface area contributed by atoms with Crippen molar-refractivity contribution in [3.8, 4) is 5.75 Å². The van der Waals surface area contributed by atoms with Crippen molar-refractivity contribution >= 4 is 5.97 Å². The minimum atomic E-state index is -0.850. The highest BCUT2D eigenvalue weighted by Gasteiger charge is 2.48. The highest BCUT2D eigenvalue weighted by Crippen LogP contribution is 2.54. The Labute approximate surface area is 111 Å². The predicted molar refractivity (Wildman–Crippen MR) is 66.8 cm³/mol. The van der Waals surface area contributed by atoms with Crippen LogP contribution in [-0.4, -0.2) is 25.3 Å². The van der Waals surface area contributed by atoms with E-state index < -0.39 is 17.2 Å². The lowest BCUT2D eigenvalue weighted by atomic mass is 9.90. The van der Waals surface area contributed by atoms with Crippen molar-refractivity contribution in [1.29, 1.82) is 0 Å². The van der Waals surface area contributed by atoms with Gasteiger partial charge in [0, 0.05) is 18.1 Å². The molecule has 1 N–H and O–H groups in total. The number of methoxy groups -OCH3 is 2. The lowest BCUT2D eigenvalue weighted by Gasteiger charge is -2.20. The average molecular weight is 268 g/mol. The van der Waals surface area contributed by atoms with Crippen molar-refractivity contribution in [1.82, 2.24) is 0 Å². The first kappa shape index (κ1) is 13.8. The van der Waals surface area contributed by atoms with Gasteiger partial charge in [0.15, 0.2) is 0 Å². The summed E-state index contributed by atoms with van der Waals surface area (Å²) in [6.45, 7) is 0.103. The fraction of sp³-hybridized carbons (Fsp3) is 0.500. The van der Waals surface area contributed by atoms with Gasteiger partial charge in [0.05, 0.1) is 25.7 Å². The number of carboxylic acids is 1. The van der Waals surface area contributed by atoms with Gasteiger partial charge in [-0.25, -0.2) is 4.39 Å². The summed E-state index contributed by atoms with van der Waals surface area (Å²) in [5.41, 5.74) is 0.706. The zero-order chi connectivity index (χ0) is 14.0. The van der Waals surface area contributed by atoms with Crippen LogP contribution in [0.5, 0.6) is 5.75 Å². The minimum absolute atomic E-state index is 0.0431. The number of rotatable bonds is 6. The Morgan fingerprint density at radius 3 is 2.58 bits per heavy atom. The summed E-state index contributed by atoms with van der Waals surface area (Å²) >= 11 is 0. The molecule has 0 spiro atoms. The highest BCUT2D eigenvalue weighted by molar-refractivity contribution is 5.71. The molecule has 0 aliphatic heterocycles. The van der Waals surface area contributed by atoms with Crippen molar-refractivity contribution in [2.75, 3.05) is 14.2 Å². The van der Waals surface area contributed by atoms with E-state index in [1.165, 1.54) is 20.3 Å². The maximum Gasteiger partial charge on any atom is 0.304 e. The molecule has 1 aliphatic carbocycles. The number of hydrogen-bond acceptors (Lipinski definition) is 3. The molecule has 5 heteroatoms. The number of benzene rings is 1. The first-order valence-electron chi connectivity index (χ1n) is 6.10. The molecule has 1 aliphatic rings. The molecule has 1 aromatic rings. The second kappa shape index (κ2) is 5.17. The van der Waals surface area contributed by atoms with E-state index in [0.717, 1.165) is 18.4 Å². The number of hydrogen-bond donors (Lipinski definition) is 1. The van der Waals surface area contributed by atoms with E-state index in [1.54, 1.807) is 6.07 Å². The lowest BCUT2D eigenvalue weighted by molar-refractivity contribution is -0.137. The Hall–Kier alpha value is -1.62. The molecule has 0 saturated heterocycles. The van der Waals surface area contributed by atoms with Crippen molar-refractivity contribution < 1.29 is 23.8 Å². The number of carbonyl (C=O) groups is 1. The average Bonchev–Trinajstić information content (AvgIpc) is 3.11. The van der Waals surface area contributed by atoms with Gasteiger partial charge < -0.3 is 14.6 Å². The number of aliphatic carboxylic acids is 1. The molecule has 0 unspecified atom stereocenters. The van der Waals surface area contributed by atoms with E-state index in [0.29, 0.717) is 11.3 Å². The van der Waals surface area contributed by atoms with Crippen LogP contribution in [0.2, 0.25) is 0 Å². The normalized spacial score (nSPS) is 16.2. The standard InChI is InChI=1S/C14H17FO4/c1-18-8-9-11(15)4-3-10(13(9)19-2)14(5-6-14)7-12(16)17/h3-4H,5-8H2,1-2H3,(H,16,17).